The molecule has 3 rings (SSSR count). The standard InChI is InChI=1S/C18H22N8O5/c1-5-6-11-13(21-25-26(11)17-16(19)23-31-24-17)18(27)22-20-9-10-7-8-12(28-2)15(30-4)14(10)29-3/h7-9H,5-6H2,1-4H3,(H2,19,23)(H,22,27). The number of benzene rings is 1. The van der Waals surface area contributed by atoms with E-state index in [-0.39, 0.29) is 17.3 Å². The molecule has 2 heterocycles. The number of ether oxygens (including phenoxy) is 3. The van der Waals surface area contributed by atoms with Crippen molar-refractivity contribution in [1.82, 2.24) is 30.7 Å². The van der Waals surface area contributed by atoms with Crippen molar-refractivity contribution in [3.8, 4) is 23.1 Å². The minimum Gasteiger partial charge on any atom is -0.493 e. The lowest BCUT2D eigenvalue weighted by Crippen LogP contribution is -2.20. The quantitative estimate of drug-likeness (QED) is 0.369. The highest BCUT2D eigenvalue weighted by atomic mass is 16.6. The molecule has 1 aromatic carbocycles. The average molecular weight is 430 g/mol. The van der Waals surface area contributed by atoms with Gasteiger partial charge in [-0.3, -0.25) is 4.79 Å². The van der Waals surface area contributed by atoms with Crippen LogP contribution >= 0.6 is 0 Å². The maximum atomic E-state index is 12.7. The van der Waals surface area contributed by atoms with Crippen molar-refractivity contribution in [2.24, 2.45) is 5.10 Å². The topological polar surface area (TPSA) is 165 Å². The van der Waals surface area contributed by atoms with Crippen LogP contribution in [0.5, 0.6) is 17.2 Å². The van der Waals surface area contributed by atoms with Gasteiger partial charge in [-0.1, -0.05) is 18.6 Å². The summed E-state index contributed by atoms with van der Waals surface area (Å²) in [5, 5.41) is 19.1. The molecule has 0 radical (unpaired) electrons. The molecule has 0 spiro atoms. The summed E-state index contributed by atoms with van der Waals surface area (Å²) in [5.41, 5.74) is 9.32. The lowest BCUT2D eigenvalue weighted by atomic mass is 10.2. The van der Waals surface area contributed by atoms with Crippen molar-refractivity contribution in [1.29, 1.82) is 0 Å². The van der Waals surface area contributed by atoms with Gasteiger partial charge in [0.25, 0.3) is 5.91 Å². The van der Waals surface area contributed by atoms with E-state index in [1.165, 1.54) is 32.2 Å². The molecular formula is C18H22N8O5. The Bertz CT molecular complexity index is 1090. The number of nitrogens with zero attached hydrogens (tertiary/aromatic N) is 6. The van der Waals surface area contributed by atoms with Gasteiger partial charge >= 0.3 is 0 Å². The molecular weight excluding hydrogens is 408 g/mol. The Morgan fingerprint density at radius 2 is 2.00 bits per heavy atom. The minimum atomic E-state index is -0.555. The van der Waals surface area contributed by atoms with Gasteiger partial charge in [0.15, 0.2) is 17.2 Å². The Hall–Kier alpha value is -4.16. The largest absolute Gasteiger partial charge is 0.493 e. The lowest BCUT2D eigenvalue weighted by molar-refractivity contribution is 0.0949. The Morgan fingerprint density at radius 3 is 2.61 bits per heavy atom. The van der Waals surface area contributed by atoms with Crippen LogP contribution in [0.3, 0.4) is 0 Å². The van der Waals surface area contributed by atoms with E-state index in [4.69, 9.17) is 19.9 Å². The molecule has 0 aliphatic rings. The second kappa shape index (κ2) is 9.56. The fourth-order valence-electron chi connectivity index (χ4n) is 2.89. The molecule has 1 amide bonds. The maximum absolute atomic E-state index is 12.7. The van der Waals surface area contributed by atoms with Crippen LogP contribution in [0.25, 0.3) is 5.82 Å². The maximum Gasteiger partial charge on any atom is 0.293 e. The first-order chi connectivity index (χ1) is 15.0. The summed E-state index contributed by atoms with van der Waals surface area (Å²) >= 11 is 0. The fraction of sp³-hybridized carbons (Fsp3) is 0.333. The van der Waals surface area contributed by atoms with Crippen LogP contribution in [0.2, 0.25) is 0 Å². The van der Waals surface area contributed by atoms with Crippen molar-refractivity contribution < 1.29 is 23.6 Å². The number of carbonyl (C=O) groups is 1. The van der Waals surface area contributed by atoms with Gasteiger partial charge in [0.1, 0.15) is 0 Å². The van der Waals surface area contributed by atoms with E-state index in [1.54, 1.807) is 12.1 Å². The third-order valence-electron chi connectivity index (χ3n) is 4.27. The minimum absolute atomic E-state index is 0.0350. The number of anilines is 1. The van der Waals surface area contributed by atoms with E-state index in [2.05, 4.69) is 35.8 Å². The van der Waals surface area contributed by atoms with Crippen LogP contribution in [0.1, 0.15) is 35.1 Å². The van der Waals surface area contributed by atoms with Crippen LogP contribution in [0, 0.1) is 0 Å². The van der Waals surface area contributed by atoms with Crippen LogP contribution in [-0.2, 0) is 6.42 Å². The van der Waals surface area contributed by atoms with Gasteiger partial charge in [0, 0.05) is 5.56 Å². The Balaban J connectivity index is 1.84. The zero-order valence-corrected chi connectivity index (χ0v) is 17.4. The summed E-state index contributed by atoms with van der Waals surface area (Å²) in [6.45, 7) is 1.95. The fourth-order valence-corrected chi connectivity index (χ4v) is 2.89. The van der Waals surface area contributed by atoms with Crippen LogP contribution < -0.4 is 25.4 Å². The third-order valence-corrected chi connectivity index (χ3v) is 4.27. The van der Waals surface area contributed by atoms with Gasteiger partial charge in [-0.05, 0) is 28.9 Å². The smallest absolute Gasteiger partial charge is 0.293 e. The highest BCUT2D eigenvalue weighted by Gasteiger charge is 2.23. The summed E-state index contributed by atoms with van der Waals surface area (Å²) in [6, 6.07) is 3.42. The summed E-state index contributed by atoms with van der Waals surface area (Å²) in [7, 11) is 4.51. The molecule has 3 aromatic rings. The Labute approximate surface area is 177 Å². The van der Waals surface area contributed by atoms with Gasteiger partial charge in [-0.15, -0.1) is 5.10 Å². The first kappa shape index (κ1) is 21.5. The van der Waals surface area contributed by atoms with Crippen LogP contribution in [0.15, 0.2) is 21.9 Å². The van der Waals surface area contributed by atoms with Crippen molar-refractivity contribution in [2.45, 2.75) is 19.8 Å². The van der Waals surface area contributed by atoms with E-state index < -0.39 is 5.91 Å². The summed E-state index contributed by atoms with van der Waals surface area (Å²) < 4.78 is 21.9. The number of aromatic nitrogens is 5. The molecule has 2 aromatic heterocycles. The van der Waals surface area contributed by atoms with E-state index in [1.807, 2.05) is 6.92 Å². The number of rotatable bonds is 9. The van der Waals surface area contributed by atoms with Gasteiger partial charge in [-0.25, -0.2) is 10.1 Å². The molecule has 0 atom stereocenters. The van der Waals surface area contributed by atoms with E-state index >= 15 is 0 Å². The van der Waals surface area contributed by atoms with Crippen molar-refractivity contribution in [2.75, 3.05) is 27.1 Å². The number of nitrogen functional groups attached to an aromatic ring is 1. The molecule has 0 aliphatic carbocycles. The zero-order chi connectivity index (χ0) is 22.4. The highest BCUT2D eigenvalue weighted by Crippen LogP contribution is 2.38. The number of methoxy groups -OCH3 is 3. The number of nitrogens with one attached hydrogen (secondary N) is 1. The van der Waals surface area contributed by atoms with Crippen molar-refractivity contribution >= 4 is 17.9 Å². The second-order valence-electron chi connectivity index (χ2n) is 6.14. The number of nitrogens with two attached hydrogens (primary N) is 1. The van der Waals surface area contributed by atoms with Crippen LogP contribution in [0.4, 0.5) is 5.82 Å². The van der Waals surface area contributed by atoms with Crippen molar-refractivity contribution in [3.63, 3.8) is 0 Å². The molecule has 13 heteroatoms. The molecule has 0 saturated carbocycles. The molecule has 0 unspecified atom stereocenters. The van der Waals surface area contributed by atoms with Crippen molar-refractivity contribution in [3.05, 3.63) is 29.1 Å². The van der Waals surface area contributed by atoms with Gasteiger partial charge in [0.05, 0.1) is 33.2 Å². The number of carbonyl (C=O) groups excluding carboxylic acids is 1. The molecule has 31 heavy (non-hydrogen) atoms. The SMILES string of the molecule is CCCc1c(C(=O)NN=Cc2ccc(OC)c(OC)c2OC)nnn1-c1nonc1N. The predicted octanol–water partition coefficient (Wildman–Crippen LogP) is 0.975. The molecule has 0 bridgehead atoms. The highest BCUT2D eigenvalue weighted by molar-refractivity contribution is 5.94. The first-order valence-corrected chi connectivity index (χ1v) is 9.20. The monoisotopic (exact) mass is 430 g/mol. The number of amides is 1. The second-order valence-corrected chi connectivity index (χ2v) is 6.14. The Kier molecular flexibility index (Phi) is 6.64. The molecule has 164 valence electrons. The lowest BCUT2D eigenvalue weighted by Gasteiger charge is -2.13. The predicted molar refractivity (Wildman–Crippen MR) is 109 cm³/mol. The average Bonchev–Trinajstić information content (AvgIpc) is 3.38. The molecule has 0 saturated heterocycles. The first-order valence-electron chi connectivity index (χ1n) is 9.20. The molecule has 0 aliphatic heterocycles. The van der Waals surface area contributed by atoms with Crippen LogP contribution in [-0.4, -0.2) is 58.8 Å². The van der Waals surface area contributed by atoms with Gasteiger partial charge < -0.3 is 19.9 Å². The van der Waals surface area contributed by atoms with E-state index in [0.29, 0.717) is 34.9 Å². The third kappa shape index (κ3) is 4.24. The number of hydrazone groups is 1. The summed E-state index contributed by atoms with van der Waals surface area (Å²) in [6.07, 6.45) is 2.64. The molecule has 3 N–H and O–H groups in total. The normalized spacial score (nSPS) is 11.0. The van der Waals surface area contributed by atoms with E-state index in [0.717, 1.165) is 6.42 Å². The van der Waals surface area contributed by atoms with Gasteiger partial charge in [-0.2, -0.15) is 9.78 Å². The summed E-state index contributed by atoms with van der Waals surface area (Å²) in [5.74, 6) is 0.962. The van der Waals surface area contributed by atoms with E-state index in [9.17, 15) is 4.79 Å². The molecule has 13 nitrogen and oxygen atoms in total. The molecule has 0 fully saturated rings. The number of hydrogen-bond acceptors (Lipinski definition) is 11. The Morgan fingerprint density at radius 1 is 1.23 bits per heavy atom. The summed E-state index contributed by atoms with van der Waals surface area (Å²) in [4.78, 5) is 12.7. The number of hydrogen-bond donors (Lipinski definition) is 2. The zero-order valence-electron chi connectivity index (χ0n) is 17.4. The van der Waals surface area contributed by atoms with Gasteiger partial charge in [0.2, 0.25) is 17.4 Å².